The molecule has 3 heterocycles. The number of rotatable bonds is 7. The quantitative estimate of drug-likeness (QED) is 0.592. The fourth-order valence-electron chi connectivity index (χ4n) is 4.18. The average molecular weight is 453 g/mol. The van der Waals surface area contributed by atoms with Crippen molar-refractivity contribution in [1.82, 2.24) is 20.2 Å². The molecule has 4 rings (SSSR count). The van der Waals surface area contributed by atoms with Gasteiger partial charge in [-0.1, -0.05) is 19.1 Å². The van der Waals surface area contributed by atoms with Crippen molar-refractivity contribution in [2.24, 2.45) is 0 Å². The van der Waals surface area contributed by atoms with Gasteiger partial charge in [-0.05, 0) is 43.1 Å². The van der Waals surface area contributed by atoms with E-state index in [0.29, 0.717) is 6.54 Å². The molecule has 2 aromatic heterocycles. The van der Waals surface area contributed by atoms with E-state index in [2.05, 4.69) is 61.2 Å². The van der Waals surface area contributed by atoms with E-state index in [-0.39, 0.29) is 5.91 Å². The first-order valence-electron chi connectivity index (χ1n) is 11.2. The SMILES string of the molecule is CCCN1CCN(c2ncnc3sc(C(=O)NCc4ccc(N(C)C)cc4)c(C)c23)CC1. The standard InChI is InChI=1S/C24H32N6OS/c1-5-10-29-11-13-30(14-12-29)22-20-17(2)21(32-24(20)27-16-26-22)23(31)25-15-18-6-8-19(9-7-18)28(3)4/h6-9,16H,5,10-15H2,1-4H3,(H,25,31). The molecule has 0 aliphatic carbocycles. The highest BCUT2D eigenvalue weighted by atomic mass is 32.1. The van der Waals surface area contributed by atoms with E-state index in [4.69, 9.17) is 0 Å². The van der Waals surface area contributed by atoms with Crippen LogP contribution >= 0.6 is 11.3 Å². The molecular formula is C24H32N6OS. The largest absolute Gasteiger partial charge is 0.378 e. The number of anilines is 2. The van der Waals surface area contributed by atoms with Crippen LogP contribution in [-0.4, -0.2) is 67.6 Å². The lowest BCUT2D eigenvalue weighted by molar-refractivity contribution is 0.0954. The number of hydrogen-bond donors (Lipinski definition) is 1. The Morgan fingerprint density at radius 1 is 1.12 bits per heavy atom. The van der Waals surface area contributed by atoms with E-state index >= 15 is 0 Å². The predicted molar refractivity (Wildman–Crippen MR) is 133 cm³/mol. The summed E-state index contributed by atoms with van der Waals surface area (Å²) < 4.78 is 0. The molecule has 1 aliphatic rings. The van der Waals surface area contributed by atoms with Crippen molar-refractivity contribution in [2.75, 3.05) is 56.6 Å². The van der Waals surface area contributed by atoms with E-state index in [1.54, 1.807) is 6.33 Å². The van der Waals surface area contributed by atoms with Crippen LogP contribution in [0, 0.1) is 6.92 Å². The Kier molecular flexibility index (Phi) is 6.91. The van der Waals surface area contributed by atoms with Crippen LogP contribution in [-0.2, 0) is 6.54 Å². The zero-order chi connectivity index (χ0) is 22.7. The summed E-state index contributed by atoms with van der Waals surface area (Å²) in [5, 5.41) is 4.09. The number of amides is 1. The van der Waals surface area contributed by atoms with Crippen LogP contribution in [0.5, 0.6) is 0 Å². The van der Waals surface area contributed by atoms with Crippen LogP contribution in [0.1, 0.15) is 34.1 Å². The highest BCUT2D eigenvalue weighted by Crippen LogP contribution is 2.35. The summed E-state index contributed by atoms with van der Waals surface area (Å²) in [5.41, 5.74) is 3.19. The fourth-order valence-corrected chi connectivity index (χ4v) is 5.24. The lowest BCUT2D eigenvalue weighted by Crippen LogP contribution is -2.46. The molecule has 0 unspecified atom stereocenters. The summed E-state index contributed by atoms with van der Waals surface area (Å²) in [7, 11) is 4.03. The molecule has 1 aromatic carbocycles. The maximum absolute atomic E-state index is 13.0. The molecule has 1 fully saturated rings. The number of aromatic nitrogens is 2. The Morgan fingerprint density at radius 3 is 2.50 bits per heavy atom. The van der Waals surface area contributed by atoms with Gasteiger partial charge < -0.3 is 15.1 Å². The molecule has 3 aromatic rings. The second-order valence-corrected chi connectivity index (χ2v) is 9.50. The molecule has 170 valence electrons. The normalized spacial score (nSPS) is 14.7. The van der Waals surface area contributed by atoms with Gasteiger partial charge in [0.05, 0.1) is 10.3 Å². The summed E-state index contributed by atoms with van der Waals surface area (Å²) >= 11 is 1.45. The molecule has 1 aliphatic heterocycles. The van der Waals surface area contributed by atoms with Crippen molar-refractivity contribution in [3.63, 3.8) is 0 Å². The van der Waals surface area contributed by atoms with Crippen LogP contribution in [0.3, 0.4) is 0 Å². The van der Waals surface area contributed by atoms with E-state index < -0.39 is 0 Å². The Morgan fingerprint density at radius 2 is 1.84 bits per heavy atom. The predicted octanol–water partition coefficient (Wildman–Crippen LogP) is 3.53. The third kappa shape index (κ3) is 4.71. The van der Waals surface area contributed by atoms with E-state index in [1.165, 1.54) is 17.8 Å². The number of thiophene rings is 1. The first kappa shape index (κ1) is 22.5. The van der Waals surface area contributed by atoms with Crippen LogP contribution < -0.4 is 15.1 Å². The smallest absolute Gasteiger partial charge is 0.261 e. The number of aryl methyl sites for hydroxylation is 1. The molecule has 0 bridgehead atoms. The molecular weight excluding hydrogens is 420 g/mol. The summed E-state index contributed by atoms with van der Waals surface area (Å²) in [6, 6.07) is 8.23. The summed E-state index contributed by atoms with van der Waals surface area (Å²) in [6.07, 6.45) is 2.81. The number of carbonyl (C=O) groups excluding carboxylic acids is 1. The Hall–Kier alpha value is -2.71. The Bertz CT molecular complexity index is 1070. The molecule has 0 spiro atoms. The fraction of sp³-hybridized carbons (Fsp3) is 0.458. The highest BCUT2D eigenvalue weighted by molar-refractivity contribution is 7.20. The lowest BCUT2D eigenvalue weighted by Gasteiger charge is -2.35. The summed E-state index contributed by atoms with van der Waals surface area (Å²) in [6.45, 7) is 9.87. The molecule has 0 radical (unpaired) electrons. The molecule has 1 amide bonds. The van der Waals surface area contributed by atoms with Crippen molar-refractivity contribution in [3.8, 4) is 0 Å². The summed E-state index contributed by atoms with van der Waals surface area (Å²) in [5.74, 6) is 0.902. The Labute approximate surface area is 194 Å². The maximum atomic E-state index is 13.0. The van der Waals surface area contributed by atoms with E-state index in [9.17, 15) is 4.79 Å². The molecule has 0 saturated carbocycles. The van der Waals surface area contributed by atoms with E-state index in [0.717, 1.165) is 70.4 Å². The van der Waals surface area contributed by atoms with Gasteiger partial charge in [-0.25, -0.2) is 9.97 Å². The minimum Gasteiger partial charge on any atom is -0.378 e. The van der Waals surface area contributed by atoms with Gasteiger partial charge in [0.25, 0.3) is 5.91 Å². The van der Waals surface area contributed by atoms with Gasteiger partial charge in [-0.2, -0.15) is 0 Å². The number of piperazine rings is 1. The maximum Gasteiger partial charge on any atom is 0.261 e. The monoisotopic (exact) mass is 452 g/mol. The third-order valence-electron chi connectivity index (χ3n) is 6.03. The first-order chi connectivity index (χ1) is 15.5. The number of nitrogens with one attached hydrogen (secondary N) is 1. The van der Waals surface area contributed by atoms with Crippen molar-refractivity contribution >= 4 is 39.0 Å². The molecule has 1 N–H and O–H groups in total. The molecule has 0 atom stereocenters. The van der Waals surface area contributed by atoms with Crippen LogP contribution in [0.25, 0.3) is 10.2 Å². The molecule has 7 nitrogen and oxygen atoms in total. The van der Waals surface area contributed by atoms with Crippen LogP contribution in [0.4, 0.5) is 11.5 Å². The highest BCUT2D eigenvalue weighted by Gasteiger charge is 2.24. The van der Waals surface area contributed by atoms with Gasteiger partial charge in [-0.3, -0.25) is 9.69 Å². The van der Waals surface area contributed by atoms with Gasteiger partial charge in [-0.15, -0.1) is 11.3 Å². The van der Waals surface area contributed by atoms with Gasteiger partial charge in [0.1, 0.15) is 17.0 Å². The van der Waals surface area contributed by atoms with Gasteiger partial charge in [0, 0.05) is 52.5 Å². The number of hydrogen-bond acceptors (Lipinski definition) is 7. The number of nitrogens with zero attached hydrogens (tertiary/aromatic N) is 5. The second kappa shape index (κ2) is 9.83. The van der Waals surface area contributed by atoms with Crippen molar-refractivity contribution < 1.29 is 4.79 Å². The zero-order valence-electron chi connectivity index (χ0n) is 19.4. The number of fused-ring (bicyclic) bond motifs is 1. The van der Waals surface area contributed by atoms with Crippen molar-refractivity contribution in [2.45, 2.75) is 26.8 Å². The molecule has 1 saturated heterocycles. The van der Waals surface area contributed by atoms with Gasteiger partial charge >= 0.3 is 0 Å². The van der Waals surface area contributed by atoms with Crippen LogP contribution in [0.2, 0.25) is 0 Å². The second-order valence-electron chi connectivity index (χ2n) is 8.51. The lowest BCUT2D eigenvalue weighted by atomic mass is 10.1. The topological polar surface area (TPSA) is 64.6 Å². The average Bonchev–Trinajstić information content (AvgIpc) is 3.15. The minimum atomic E-state index is -0.0547. The molecule has 8 heteroatoms. The van der Waals surface area contributed by atoms with Gasteiger partial charge in [0.2, 0.25) is 0 Å². The van der Waals surface area contributed by atoms with Crippen LogP contribution in [0.15, 0.2) is 30.6 Å². The zero-order valence-corrected chi connectivity index (χ0v) is 20.2. The van der Waals surface area contributed by atoms with Crippen molar-refractivity contribution in [1.29, 1.82) is 0 Å². The summed E-state index contributed by atoms with van der Waals surface area (Å²) in [4.78, 5) is 30.6. The Balaban J connectivity index is 1.49. The van der Waals surface area contributed by atoms with Crippen molar-refractivity contribution in [3.05, 3.63) is 46.6 Å². The first-order valence-corrected chi connectivity index (χ1v) is 12.1. The number of benzene rings is 1. The van der Waals surface area contributed by atoms with Gasteiger partial charge in [0.15, 0.2) is 0 Å². The molecule has 32 heavy (non-hydrogen) atoms. The number of carbonyl (C=O) groups is 1. The van der Waals surface area contributed by atoms with E-state index in [1.807, 2.05) is 21.0 Å². The minimum absolute atomic E-state index is 0.0547. The third-order valence-corrected chi connectivity index (χ3v) is 7.23.